The van der Waals surface area contributed by atoms with E-state index in [1.165, 1.54) is 0 Å². The average molecular weight is 279 g/mol. The van der Waals surface area contributed by atoms with Crippen LogP contribution in [0.4, 0.5) is 0 Å². The van der Waals surface area contributed by atoms with Crippen molar-refractivity contribution in [1.82, 2.24) is 9.88 Å². The maximum absolute atomic E-state index is 11.7. The van der Waals surface area contributed by atoms with Crippen LogP contribution >= 0.6 is 11.6 Å². The number of rotatable bonds is 2. The number of hydrogen-bond acceptors (Lipinski definition) is 3. The monoisotopic (exact) mass is 278 g/mol. The minimum absolute atomic E-state index is 0.108. The first-order valence-corrected chi connectivity index (χ1v) is 6.72. The molecule has 0 radical (unpaired) electrons. The van der Waals surface area contributed by atoms with Gasteiger partial charge in [0.1, 0.15) is 0 Å². The van der Waals surface area contributed by atoms with Gasteiger partial charge >= 0.3 is 0 Å². The molecule has 19 heavy (non-hydrogen) atoms. The Morgan fingerprint density at radius 2 is 2.11 bits per heavy atom. The molecule has 4 nitrogen and oxygen atoms in total. The van der Waals surface area contributed by atoms with Crippen LogP contribution in [0.3, 0.4) is 0 Å². The molecule has 3 rings (SSSR count). The number of halogens is 1. The van der Waals surface area contributed by atoms with Gasteiger partial charge in [-0.3, -0.25) is 9.69 Å². The Kier molecular flexibility index (Phi) is 3.55. The number of fused-ring (bicyclic) bond motifs is 1. The number of ether oxygens (including phenoxy) is 1. The number of nitrogens with one attached hydrogen (secondary N) is 1. The molecule has 0 amide bonds. The van der Waals surface area contributed by atoms with Crippen molar-refractivity contribution in [1.29, 1.82) is 0 Å². The molecule has 0 unspecified atom stereocenters. The molecule has 100 valence electrons. The summed E-state index contributed by atoms with van der Waals surface area (Å²) in [6.45, 7) is 4.05. The van der Waals surface area contributed by atoms with Gasteiger partial charge in [0.15, 0.2) is 0 Å². The van der Waals surface area contributed by atoms with Crippen molar-refractivity contribution in [2.45, 2.75) is 6.54 Å². The normalized spacial score (nSPS) is 16.9. The number of para-hydroxylation sites is 1. The van der Waals surface area contributed by atoms with Gasteiger partial charge in [-0.25, -0.2) is 0 Å². The highest BCUT2D eigenvalue weighted by Crippen LogP contribution is 2.23. The van der Waals surface area contributed by atoms with E-state index in [1.807, 2.05) is 12.1 Å². The molecule has 1 aliphatic rings. The summed E-state index contributed by atoms with van der Waals surface area (Å²) in [5.74, 6) is 0. The summed E-state index contributed by atoms with van der Waals surface area (Å²) >= 11 is 6.14. The van der Waals surface area contributed by atoms with Gasteiger partial charge in [0.05, 0.1) is 23.8 Å². The van der Waals surface area contributed by atoms with Crippen molar-refractivity contribution in [3.8, 4) is 0 Å². The van der Waals surface area contributed by atoms with Crippen molar-refractivity contribution >= 4 is 22.5 Å². The van der Waals surface area contributed by atoms with Gasteiger partial charge in [0, 0.05) is 31.1 Å². The van der Waals surface area contributed by atoms with Gasteiger partial charge in [-0.1, -0.05) is 23.7 Å². The predicted molar refractivity (Wildman–Crippen MR) is 75.7 cm³/mol. The largest absolute Gasteiger partial charge is 0.379 e. The summed E-state index contributed by atoms with van der Waals surface area (Å²) in [7, 11) is 0. The van der Waals surface area contributed by atoms with Crippen molar-refractivity contribution in [3.63, 3.8) is 0 Å². The molecule has 0 saturated carbocycles. The Hall–Kier alpha value is -1.36. The fourth-order valence-corrected chi connectivity index (χ4v) is 2.67. The SMILES string of the molecule is O=c1cc(CN2CCOCC2)c2cccc(Cl)c2[nH]1. The Morgan fingerprint density at radius 3 is 2.89 bits per heavy atom. The van der Waals surface area contributed by atoms with Gasteiger partial charge in [-0.05, 0) is 11.6 Å². The quantitative estimate of drug-likeness (QED) is 0.914. The van der Waals surface area contributed by atoms with Crippen LogP contribution in [0.2, 0.25) is 5.02 Å². The van der Waals surface area contributed by atoms with Crippen LogP contribution in [0.1, 0.15) is 5.56 Å². The van der Waals surface area contributed by atoms with Crippen molar-refractivity contribution in [2.75, 3.05) is 26.3 Å². The Labute approximate surface area is 115 Å². The van der Waals surface area contributed by atoms with E-state index in [0.29, 0.717) is 5.02 Å². The molecule has 0 spiro atoms. The predicted octanol–water partition coefficient (Wildman–Crippen LogP) is 2.01. The van der Waals surface area contributed by atoms with Crippen LogP contribution in [0.15, 0.2) is 29.1 Å². The summed E-state index contributed by atoms with van der Waals surface area (Å²) in [6.07, 6.45) is 0. The van der Waals surface area contributed by atoms with Gasteiger partial charge in [-0.15, -0.1) is 0 Å². The molecular weight excluding hydrogens is 264 g/mol. The molecule has 0 bridgehead atoms. The van der Waals surface area contributed by atoms with Gasteiger partial charge in [0.25, 0.3) is 0 Å². The lowest BCUT2D eigenvalue weighted by molar-refractivity contribution is 0.0343. The van der Waals surface area contributed by atoms with Gasteiger partial charge in [0.2, 0.25) is 5.56 Å². The number of benzene rings is 1. The lowest BCUT2D eigenvalue weighted by Gasteiger charge is -2.26. The summed E-state index contributed by atoms with van der Waals surface area (Å²) in [6, 6.07) is 7.35. The molecule has 1 N–H and O–H groups in total. The molecule has 2 aromatic rings. The van der Waals surface area contributed by atoms with Crippen molar-refractivity contribution in [2.24, 2.45) is 0 Å². The van der Waals surface area contributed by atoms with Crippen LogP contribution in [0.5, 0.6) is 0 Å². The number of aromatic nitrogens is 1. The highest BCUT2D eigenvalue weighted by molar-refractivity contribution is 6.35. The maximum Gasteiger partial charge on any atom is 0.248 e. The van der Waals surface area contributed by atoms with Gasteiger partial charge in [-0.2, -0.15) is 0 Å². The van der Waals surface area contributed by atoms with E-state index < -0.39 is 0 Å². The Bertz CT molecular complexity index is 647. The minimum Gasteiger partial charge on any atom is -0.379 e. The van der Waals surface area contributed by atoms with Crippen molar-refractivity contribution < 1.29 is 4.74 Å². The molecule has 5 heteroatoms. The second kappa shape index (κ2) is 5.33. The highest BCUT2D eigenvalue weighted by atomic mass is 35.5. The zero-order valence-electron chi connectivity index (χ0n) is 10.5. The summed E-state index contributed by atoms with van der Waals surface area (Å²) < 4.78 is 5.34. The highest BCUT2D eigenvalue weighted by Gasteiger charge is 2.13. The van der Waals surface area contributed by atoms with E-state index in [4.69, 9.17) is 16.3 Å². The first-order chi connectivity index (χ1) is 9.24. The molecule has 1 aliphatic heterocycles. The zero-order chi connectivity index (χ0) is 13.2. The standard InChI is InChI=1S/C14H15ClN2O2/c15-12-3-1-2-11-10(8-13(18)16-14(11)12)9-17-4-6-19-7-5-17/h1-3,8H,4-7,9H2,(H,16,18). The Balaban J connectivity index is 2.02. The molecule has 1 saturated heterocycles. The van der Waals surface area contributed by atoms with Crippen LogP contribution in [-0.4, -0.2) is 36.2 Å². The lowest BCUT2D eigenvalue weighted by atomic mass is 10.1. The lowest BCUT2D eigenvalue weighted by Crippen LogP contribution is -2.35. The third kappa shape index (κ3) is 2.66. The maximum atomic E-state index is 11.7. The number of hydrogen-bond donors (Lipinski definition) is 1. The molecular formula is C14H15ClN2O2. The first-order valence-electron chi connectivity index (χ1n) is 6.34. The average Bonchev–Trinajstić information content (AvgIpc) is 2.41. The first kappa shape index (κ1) is 12.7. The number of H-pyrrole nitrogens is 1. The van der Waals surface area contributed by atoms with Crippen LogP contribution < -0.4 is 5.56 Å². The third-order valence-corrected chi connectivity index (χ3v) is 3.73. The molecule has 1 aromatic heterocycles. The smallest absolute Gasteiger partial charge is 0.248 e. The Morgan fingerprint density at radius 1 is 1.32 bits per heavy atom. The molecule has 0 atom stereocenters. The number of pyridine rings is 1. The van der Waals surface area contributed by atoms with E-state index in [1.54, 1.807) is 12.1 Å². The zero-order valence-corrected chi connectivity index (χ0v) is 11.2. The van der Waals surface area contributed by atoms with Crippen LogP contribution in [-0.2, 0) is 11.3 Å². The molecule has 0 aliphatic carbocycles. The third-order valence-electron chi connectivity index (χ3n) is 3.41. The van der Waals surface area contributed by atoms with Crippen LogP contribution in [0.25, 0.3) is 10.9 Å². The second-order valence-electron chi connectivity index (χ2n) is 4.71. The number of aromatic amines is 1. The molecule has 1 aromatic carbocycles. The molecule has 2 heterocycles. The fourth-order valence-electron chi connectivity index (χ4n) is 2.45. The topological polar surface area (TPSA) is 45.3 Å². The van der Waals surface area contributed by atoms with Gasteiger partial charge < -0.3 is 9.72 Å². The number of nitrogens with zero attached hydrogens (tertiary/aromatic N) is 1. The van der Waals surface area contributed by atoms with E-state index >= 15 is 0 Å². The summed E-state index contributed by atoms with van der Waals surface area (Å²) in [4.78, 5) is 16.8. The summed E-state index contributed by atoms with van der Waals surface area (Å²) in [5, 5.41) is 1.59. The summed E-state index contributed by atoms with van der Waals surface area (Å²) in [5.41, 5.74) is 1.63. The fraction of sp³-hybridized carbons (Fsp3) is 0.357. The van der Waals surface area contributed by atoms with Crippen LogP contribution in [0, 0.1) is 0 Å². The minimum atomic E-state index is -0.108. The van der Waals surface area contributed by atoms with E-state index in [2.05, 4.69) is 9.88 Å². The van der Waals surface area contributed by atoms with E-state index in [0.717, 1.165) is 49.3 Å². The van der Waals surface area contributed by atoms with Crippen molar-refractivity contribution in [3.05, 3.63) is 45.2 Å². The van der Waals surface area contributed by atoms with E-state index in [9.17, 15) is 4.79 Å². The second-order valence-corrected chi connectivity index (χ2v) is 5.12. The van der Waals surface area contributed by atoms with E-state index in [-0.39, 0.29) is 5.56 Å². The molecule has 1 fully saturated rings. The number of morpholine rings is 1.